The van der Waals surface area contributed by atoms with Crippen LogP contribution in [0.2, 0.25) is 0 Å². The van der Waals surface area contributed by atoms with Gasteiger partial charge in [0.15, 0.2) is 5.58 Å². The number of para-hydroxylation sites is 2. The van der Waals surface area contributed by atoms with Crippen LogP contribution in [0, 0.1) is 0 Å². The number of rotatable bonds is 5. The summed E-state index contributed by atoms with van der Waals surface area (Å²) in [5.74, 6) is 0.598. The average Bonchev–Trinajstić information content (AvgIpc) is 4.02. The minimum Gasteiger partial charge on any atom is -0.456 e. The fourth-order valence-corrected chi connectivity index (χ4v) is 9.58. The minimum absolute atomic E-state index is 0.598. The maximum atomic E-state index is 6.64. The Morgan fingerprint density at radius 2 is 1.20 bits per heavy atom. The van der Waals surface area contributed by atoms with Crippen molar-refractivity contribution in [2.24, 2.45) is 0 Å². The van der Waals surface area contributed by atoms with Crippen molar-refractivity contribution in [1.82, 2.24) is 9.55 Å². The van der Waals surface area contributed by atoms with Gasteiger partial charge in [0.1, 0.15) is 16.7 Å². The van der Waals surface area contributed by atoms with Gasteiger partial charge in [-0.05, 0) is 84.9 Å². The van der Waals surface area contributed by atoms with Gasteiger partial charge in [0, 0.05) is 60.3 Å². The van der Waals surface area contributed by atoms with Gasteiger partial charge < -0.3 is 18.3 Å². The SMILES string of the molecule is c1ccc(-c2nc3c(ccc4oc5cc(N(c6ccc7c(c6)c6ccccc6n7-c6ccccc6)c6cccc7c6sc6ccccc67)ccc5c43)o2)cc1. The van der Waals surface area contributed by atoms with Crippen molar-refractivity contribution in [2.45, 2.75) is 0 Å². The van der Waals surface area contributed by atoms with Gasteiger partial charge in [-0.3, -0.25) is 0 Å². The summed E-state index contributed by atoms with van der Waals surface area (Å²) < 4.78 is 17.8. The number of oxazole rings is 1. The van der Waals surface area contributed by atoms with Crippen LogP contribution in [0.4, 0.5) is 17.1 Å². The largest absolute Gasteiger partial charge is 0.456 e. The quantitative estimate of drug-likeness (QED) is 0.177. The molecule has 0 radical (unpaired) electrons. The lowest BCUT2D eigenvalue weighted by Gasteiger charge is -2.26. The first-order valence-electron chi connectivity index (χ1n) is 18.4. The maximum absolute atomic E-state index is 6.64. The van der Waals surface area contributed by atoms with E-state index < -0.39 is 0 Å². The Balaban J connectivity index is 1.10. The molecule has 0 bridgehead atoms. The summed E-state index contributed by atoms with van der Waals surface area (Å²) in [6.45, 7) is 0. The van der Waals surface area contributed by atoms with Gasteiger partial charge in [-0.1, -0.05) is 84.9 Å². The van der Waals surface area contributed by atoms with Gasteiger partial charge in [-0.15, -0.1) is 11.3 Å². The van der Waals surface area contributed by atoms with Crippen molar-refractivity contribution in [1.29, 1.82) is 0 Å². The lowest BCUT2D eigenvalue weighted by atomic mass is 10.1. The Kier molecular flexibility index (Phi) is 6.44. The van der Waals surface area contributed by atoms with Crippen LogP contribution in [0.15, 0.2) is 185 Å². The monoisotopic (exact) mass is 723 g/mol. The van der Waals surface area contributed by atoms with Crippen molar-refractivity contribution in [3.05, 3.63) is 176 Å². The number of fused-ring (bicyclic) bond motifs is 11. The number of furan rings is 1. The molecule has 0 unspecified atom stereocenters. The third-order valence-corrected chi connectivity index (χ3v) is 12.0. The fraction of sp³-hybridized carbons (Fsp3) is 0. The number of hydrogen-bond donors (Lipinski definition) is 0. The van der Waals surface area contributed by atoms with Gasteiger partial charge in [0.05, 0.1) is 26.8 Å². The van der Waals surface area contributed by atoms with E-state index in [0.29, 0.717) is 5.89 Å². The summed E-state index contributed by atoms with van der Waals surface area (Å²) >= 11 is 1.83. The van der Waals surface area contributed by atoms with Crippen LogP contribution >= 0.6 is 11.3 Å². The summed E-state index contributed by atoms with van der Waals surface area (Å²) in [5.41, 5.74) is 10.7. The summed E-state index contributed by atoms with van der Waals surface area (Å²) in [6, 6.07) is 62.0. The van der Waals surface area contributed by atoms with Crippen molar-refractivity contribution >= 4 is 103 Å². The highest BCUT2D eigenvalue weighted by molar-refractivity contribution is 7.26. The number of thiophene rings is 1. The highest BCUT2D eigenvalue weighted by Crippen LogP contribution is 2.47. The van der Waals surface area contributed by atoms with E-state index in [0.717, 1.165) is 66.9 Å². The molecule has 0 amide bonds. The van der Waals surface area contributed by atoms with Crippen molar-refractivity contribution in [2.75, 3.05) is 4.90 Å². The van der Waals surface area contributed by atoms with Crippen molar-refractivity contribution in [3.63, 3.8) is 0 Å². The molecular formula is C49H29N3O2S. The lowest BCUT2D eigenvalue weighted by molar-refractivity contribution is 0.619. The third kappa shape index (κ3) is 4.55. The zero-order valence-corrected chi connectivity index (χ0v) is 30.1. The van der Waals surface area contributed by atoms with Crippen LogP contribution in [-0.2, 0) is 0 Å². The summed E-state index contributed by atoms with van der Waals surface area (Å²) in [4.78, 5) is 7.37. The topological polar surface area (TPSA) is 47.3 Å². The summed E-state index contributed by atoms with van der Waals surface area (Å²) in [7, 11) is 0. The Morgan fingerprint density at radius 3 is 2.09 bits per heavy atom. The molecule has 12 aromatic rings. The number of aromatic nitrogens is 2. The third-order valence-electron chi connectivity index (χ3n) is 10.8. The van der Waals surface area contributed by atoms with Gasteiger partial charge in [0.25, 0.3) is 0 Å². The normalized spacial score (nSPS) is 12.0. The molecule has 0 saturated carbocycles. The van der Waals surface area contributed by atoms with Gasteiger partial charge in [0.2, 0.25) is 5.89 Å². The van der Waals surface area contributed by atoms with Crippen molar-refractivity contribution < 1.29 is 8.83 Å². The van der Waals surface area contributed by atoms with Crippen LogP contribution in [0.1, 0.15) is 0 Å². The van der Waals surface area contributed by atoms with E-state index in [1.807, 2.05) is 53.8 Å². The first-order chi connectivity index (χ1) is 27.3. The first-order valence-corrected chi connectivity index (χ1v) is 19.2. The summed E-state index contributed by atoms with van der Waals surface area (Å²) in [6.07, 6.45) is 0. The molecule has 0 saturated heterocycles. The molecule has 4 heterocycles. The molecular weight excluding hydrogens is 695 g/mol. The van der Waals surface area contributed by atoms with Crippen LogP contribution in [0.25, 0.3) is 92.2 Å². The van der Waals surface area contributed by atoms with E-state index in [1.54, 1.807) is 0 Å². The van der Waals surface area contributed by atoms with Crippen molar-refractivity contribution in [3.8, 4) is 17.1 Å². The first kappa shape index (κ1) is 30.3. The molecule has 0 aliphatic rings. The Morgan fingerprint density at radius 1 is 0.491 bits per heavy atom. The Hall–Kier alpha value is -7.15. The van der Waals surface area contributed by atoms with Gasteiger partial charge in [-0.25, -0.2) is 4.98 Å². The van der Waals surface area contributed by atoms with E-state index >= 15 is 0 Å². The average molecular weight is 724 g/mol. The van der Waals surface area contributed by atoms with Crippen LogP contribution < -0.4 is 4.90 Å². The maximum Gasteiger partial charge on any atom is 0.227 e. The predicted molar refractivity (Wildman–Crippen MR) is 229 cm³/mol. The molecule has 0 atom stereocenters. The molecule has 258 valence electrons. The number of hydrogen-bond acceptors (Lipinski definition) is 5. The molecule has 8 aromatic carbocycles. The predicted octanol–water partition coefficient (Wildman–Crippen LogP) is 14.3. The van der Waals surface area contributed by atoms with E-state index in [9.17, 15) is 0 Å². The highest BCUT2D eigenvalue weighted by atomic mass is 32.1. The second kappa shape index (κ2) is 11.7. The molecule has 0 aliphatic heterocycles. The zero-order valence-electron chi connectivity index (χ0n) is 29.3. The molecule has 0 spiro atoms. The van der Waals surface area contributed by atoms with E-state index in [1.165, 1.54) is 36.5 Å². The highest BCUT2D eigenvalue weighted by Gasteiger charge is 2.23. The molecule has 12 rings (SSSR count). The van der Waals surface area contributed by atoms with Crippen LogP contribution in [0.3, 0.4) is 0 Å². The number of benzene rings is 8. The van der Waals surface area contributed by atoms with Gasteiger partial charge in [-0.2, -0.15) is 0 Å². The number of nitrogens with zero attached hydrogens (tertiary/aromatic N) is 3. The van der Waals surface area contributed by atoms with Crippen LogP contribution in [0.5, 0.6) is 0 Å². The molecule has 4 aromatic heterocycles. The molecule has 55 heavy (non-hydrogen) atoms. The van der Waals surface area contributed by atoms with E-state index in [-0.39, 0.29) is 0 Å². The molecule has 6 heteroatoms. The van der Waals surface area contributed by atoms with Gasteiger partial charge >= 0.3 is 0 Å². The number of anilines is 3. The second-order valence-corrected chi connectivity index (χ2v) is 15.0. The lowest BCUT2D eigenvalue weighted by Crippen LogP contribution is -2.10. The Labute approximate surface area is 318 Å². The molecule has 0 N–H and O–H groups in total. The van der Waals surface area contributed by atoms with Crippen LogP contribution in [-0.4, -0.2) is 9.55 Å². The molecule has 5 nitrogen and oxygen atoms in total. The van der Waals surface area contributed by atoms with E-state index in [2.05, 4.69) is 143 Å². The second-order valence-electron chi connectivity index (χ2n) is 13.9. The zero-order chi connectivity index (χ0) is 36.0. The smallest absolute Gasteiger partial charge is 0.227 e. The molecule has 0 fully saturated rings. The van der Waals surface area contributed by atoms with E-state index in [4.69, 9.17) is 13.8 Å². The molecule has 0 aliphatic carbocycles. The standard InChI is InChI=1S/C49H29N3O2S/c1-3-12-30(13-4-1)49-50-47-43(54-49)27-26-42-46(47)37-24-22-33(29-44(37)53-42)51(41-20-11-18-36-35-17-8-10-21-45(35)55-48(36)41)32-23-25-40-38(28-32)34-16-7-9-19-39(34)52(40)31-14-5-2-6-15-31/h1-29H. The minimum atomic E-state index is 0.598. The fourth-order valence-electron chi connectivity index (χ4n) is 8.38. The summed E-state index contributed by atoms with van der Waals surface area (Å²) in [5, 5.41) is 6.87. The Bertz CT molecular complexity index is 3450.